The van der Waals surface area contributed by atoms with Crippen LogP contribution >= 0.6 is 0 Å². The first-order valence-corrected chi connectivity index (χ1v) is 6.31. The molecule has 1 aliphatic rings. The normalized spacial score (nSPS) is 17.4. The van der Waals surface area contributed by atoms with Crippen molar-refractivity contribution in [3.8, 4) is 0 Å². The van der Waals surface area contributed by atoms with E-state index in [1.165, 1.54) is 4.57 Å². The van der Waals surface area contributed by atoms with Crippen LogP contribution in [0.1, 0.15) is 20.3 Å². The molecule has 7 heteroatoms. The molecule has 1 aromatic rings. The molecule has 1 aromatic heterocycles. The standard InChI is InChI=1S/C13H16FN3O3/c1-13(2)11(19)17(12(20)15-13)7-3-6-16-8-9(14)4-5-10(16)18/h4-5,8H,3,6-7H2,1-2H3,(H,15,20). The predicted molar refractivity (Wildman–Crippen MR) is 69.6 cm³/mol. The van der Waals surface area contributed by atoms with Gasteiger partial charge in [-0.2, -0.15) is 0 Å². The van der Waals surface area contributed by atoms with Crippen molar-refractivity contribution in [2.45, 2.75) is 32.4 Å². The van der Waals surface area contributed by atoms with Crippen LogP contribution in [0.4, 0.5) is 9.18 Å². The Morgan fingerprint density at radius 1 is 1.20 bits per heavy atom. The van der Waals surface area contributed by atoms with Crippen LogP contribution in [-0.2, 0) is 11.3 Å². The molecule has 0 aliphatic carbocycles. The Balaban J connectivity index is 1.97. The minimum absolute atomic E-state index is 0.192. The molecular formula is C13H16FN3O3. The molecule has 2 rings (SSSR count). The lowest BCUT2D eigenvalue weighted by molar-refractivity contribution is -0.130. The van der Waals surface area contributed by atoms with E-state index in [1.54, 1.807) is 13.8 Å². The SMILES string of the molecule is CC1(C)NC(=O)N(CCCn2cc(F)ccc2=O)C1=O. The van der Waals surface area contributed by atoms with Gasteiger partial charge in [0.15, 0.2) is 0 Å². The Kier molecular flexibility index (Phi) is 3.61. The lowest BCUT2D eigenvalue weighted by atomic mass is 10.1. The summed E-state index contributed by atoms with van der Waals surface area (Å²) in [6, 6.07) is 1.80. The Bertz CT molecular complexity index is 609. The van der Waals surface area contributed by atoms with E-state index in [0.717, 1.165) is 23.2 Å². The highest BCUT2D eigenvalue weighted by molar-refractivity contribution is 6.06. The molecule has 0 atom stereocenters. The van der Waals surface area contributed by atoms with Gasteiger partial charge < -0.3 is 9.88 Å². The molecule has 1 N–H and O–H groups in total. The second kappa shape index (κ2) is 5.07. The summed E-state index contributed by atoms with van der Waals surface area (Å²) in [5.41, 5.74) is -1.21. The zero-order valence-corrected chi connectivity index (χ0v) is 11.4. The molecule has 1 aliphatic heterocycles. The fourth-order valence-electron chi connectivity index (χ4n) is 2.10. The van der Waals surface area contributed by atoms with Gasteiger partial charge >= 0.3 is 6.03 Å². The van der Waals surface area contributed by atoms with Gasteiger partial charge in [0.25, 0.3) is 11.5 Å². The first-order chi connectivity index (χ1) is 9.31. The van der Waals surface area contributed by atoms with Gasteiger partial charge in [0.1, 0.15) is 11.4 Å². The van der Waals surface area contributed by atoms with Gasteiger partial charge in [-0.1, -0.05) is 0 Å². The lowest BCUT2D eigenvalue weighted by Gasteiger charge is -2.16. The van der Waals surface area contributed by atoms with Crippen LogP contribution in [0.25, 0.3) is 0 Å². The van der Waals surface area contributed by atoms with Crippen LogP contribution in [0.15, 0.2) is 23.1 Å². The van der Waals surface area contributed by atoms with Crippen molar-refractivity contribution in [1.82, 2.24) is 14.8 Å². The average molecular weight is 281 g/mol. The molecule has 0 radical (unpaired) electrons. The third-order valence-corrected chi connectivity index (χ3v) is 3.17. The fraction of sp³-hybridized carbons (Fsp3) is 0.462. The summed E-state index contributed by atoms with van der Waals surface area (Å²) in [7, 11) is 0. The second-order valence-corrected chi connectivity index (χ2v) is 5.24. The van der Waals surface area contributed by atoms with E-state index in [1.807, 2.05) is 0 Å². The molecular weight excluding hydrogens is 265 g/mol. The number of rotatable bonds is 4. The number of hydrogen-bond donors (Lipinski definition) is 1. The van der Waals surface area contributed by atoms with E-state index >= 15 is 0 Å². The molecule has 1 saturated heterocycles. The fourth-order valence-corrected chi connectivity index (χ4v) is 2.10. The third-order valence-electron chi connectivity index (χ3n) is 3.17. The second-order valence-electron chi connectivity index (χ2n) is 5.24. The molecule has 3 amide bonds. The highest BCUT2D eigenvalue weighted by Gasteiger charge is 2.43. The summed E-state index contributed by atoms with van der Waals surface area (Å²) in [6.07, 6.45) is 1.50. The van der Waals surface area contributed by atoms with Gasteiger partial charge in [-0.25, -0.2) is 9.18 Å². The van der Waals surface area contributed by atoms with Crippen LogP contribution < -0.4 is 10.9 Å². The summed E-state index contributed by atoms with van der Waals surface area (Å²) < 4.78 is 14.2. The van der Waals surface area contributed by atoms with Gasteiger partial charge in [0.05, 0.1) is 0 Å². The van der Waals surface area contributed by atoms with E-state index < -0.39 is 17.4 Å². The van der Waals surface area contributed by atoms with Crippen LogP contribution in [0.2, 0.25) is 0 Å². The van der Waals surface area contributed by atoms with Crippen molar-refractivity contribution < 1.29 is 14.0 Å². The highest BCUT2D eigenvalue weighted by atomic mass is 19.1. The summed E-state index contributed by atoms with van der Waals surface area (Å²) in [5, 5.41) is 2.57. The van der Waals surface area contributed by atoms with Gasteiger partial charge in [-0.3, -0.25) is 14.5 Å². The number of pyridine rings is 1. The minimum atomic E-state index is -0.896. The summed E-state index contributed by atoms with van der Waals surface area (Å²) >= 11 is 0. The first-order valence-electron chi connectivity index (χ1n) is 6.31. The molecule has 0 unspecified atom stereocenters. The number of hydrogen-bond acceptors (Lipinski definition) is 3. The molecule has 20 heavy (non-hydrogen) atoms. The Hall–Kier alpha value is -2.18. The largest absolute Gasteiger partial charge is 0.325 e. The van der Waals surface area contributed by atoms with Gasteiger partial charge in [-0.15, -0.1) is 0 Å². The lowest BCUT2D eigenvalue weighted by Crippen LogP contribution is -2.40. The van der Waals surface area contributed by atoms with Gasteiger partial charge in [0, 0.05) is 25.4 Å². The van der Waals surface area contributed by atoms with E-state index in [-0.39, 0.29) is 24.6 Å². The van der Waals surface area contributed by atoms with E-state index in [9.17, 15) is 18.8 Å². The Morgan fingerprint density at radius 3 is 2.50 bits per heavy atom. The van der Waals surface area contributed by atoms with Crippen LogP contribution in [-0.4, -0.2) is 33.5 Å². The van der Waals surface area contributed by atoms with Crippen molar-refractivity contribution in [1.29, 1.82) is 0 Å². The number of amides is 3. The monoisotopic (exact) mass is 281 g/mol. The number of carbonyl (C=O) groups excluding carboxylic acids is 2. The van der Waals surface area contributed by atoms with Gasteiger partial charge in [-0.05, 0) is 26.3 Å². The molecule has 0 aromatic carbocycles. The smallest absolute Gasteiger partial charge is 0.324 e. The quantitative estimate of drug-likeness (QED) is 0.826. The number of carbonyl (C=O) groups is 2. The molecule has 6 nitrogen and oxygen atoms in total. The van der Waals surface area contributed by atoms with Crippen LogP contribution in [0.5, 0.6) is 0 Å². The van der Waals surface area contributed by atoms with Crippen molar-refractivity contribution in [3.63, 3.8) is 0 Å². The number of nitrogens with one attached hydrogen (secondary N) is 1. The number of urea groups is 1. The van der Waals surface area contributed by atoms with E-state index in [4.69, 9.17) is 0 Å². The zero-order valence-electron chi connectivity index (χ0n) is 11.4. The predicted octanol–water partition coefficient (Wildman–Crippen LogP) is 0.708. The number of halogens is 1. The number of imide groups is 1. The van der Waals surface area contributed by atoms with E-state index in [2.05, 4.69) is 5.32 Å². The maximum Gasteiger partial charge on any atom is 0.325 e. The topological polar surface area (TPSA) is 71.4 Å². The zero-order chi connectivity index (χ0) is 14.9. The third kappa shape index (κ3) is 2.71. The maximum absolute atomic E-state index is 13.0. The highest BCUT2D eigenvalue weighted by Crippen LogP contribution is 2.16. The molecule has 108 valence electrons. The Morgan fingerprint density at radius 2 is 1.90 bits per heavy atom. The van der Waals surface area contributed by atoms with Crippen molar-refractivity contribution in [2.75, 3.05) is 6.54 Å². The number of aryl methyl sites for hydroxylation is 1. The van der Waals surface area contributed by atoms with Crippen LogP contribution in [0.3, 0.4) is 0 Å². The Labute approximate surface area is 115 Å². The summed E-state index contributed by atoms with van der Waals surface area (Å²) in [6.45, 7) is 3.69. The van der Waals surface area contributed by atoms with Crippen molar-refractivity contribution >= 4 is 11.9 Å². The maximum atomic E-state index is 13.0. The molecule has 2 heterocycles. The van der Waals surface area contributed by atoms with E-state index in [0.29, 0.717) is 6.42 Å². The summed E-state index contributed by atoms with van der Waals surface area (Å²) in [5.74, 6) is -0.796. The first kappa shape index (κ1) is 14.2. The number of aromatic nitrogens is 1. The molecule has 1 fully saturated rings. The number of nitrogens with zero attached hydrogens (tertiary/aromatic N) is 2. The van der Waals surface area contributed by atoms with Crippen molar-refractivity contribution in [2.24, 2.45) is 0 Å². The van der Waals surface area contributed by atoms with Crippen molar-refractivity contribution in [3.05, 3.63) is 34.5 Å². The molecule has 0 saturated carbocycles. The minimum Gasteiger partial charge on any atom is -0.324 e. The summed E-state index contributed by atoms with van der Waals surface area (Å²) in [4.78, 5) is 36.1. The van der Waals surface area contributed by atoms with Crippen LogP contribution in [0, 0.1) is 5.82 Å². The molecule has 0 bridgehead atoms. The van der Waals surface area contributed by atoms with Gasteiger partial charge in [0.2, 0.25) is 0 Å². The average Bonchev–Trinajstić information content (AvgIpc) is 2.55. The molecule has 0 spiro atoms.